The van der Waals surface area contributed by atoms with Gasteiger partial charge in [0, 0.05) is 39.4 Å². The third-order valence-corrected chi connectivity index (χ3v) is 6.26. The van der Waals surface area contributed by atoms with E-state index in [2.05, 4.69) is 54.7 Å². The molecule has 0 saturated heterocycles. The normalized spacial score (nSPS) is 13.0. The first-order chi connectivity index (χ1) is 13.3. The minimum atomic E-state index is -1.07. The van der Waals surface area contributed by atoms with Crippen LogP contribution in [0.4, 0.5) is 0 Å². The van der Waals surface area contributed by atoms with Crippen molar-refractivity contribution in [3.05, 3.63) is 36.0 Å². The fourth-order valence-corrected chi connectivity index (χ4v) is 3.71. The van der Waals surface area contributed by atoms with Crippen LogP contribution in [0.25, 0.3) is 10.9 Å². The Labute approximate surface area is 170 Å². The smallest absolute Gasteiger partial charge is 0.335 e. The summed E-state index contributed by atoms with van der Waals surface area (Å²) in [5.41, 5.74) is 2.21. The Morgan fingerprint density at radius 3 is 2.61 bits per heavy atom. The van der Waals surface area contributed by atoms with Crippen molar-refractivity contribution in [2.75, 3.05) is 19.8 Å². The van der Waals surface area contributed by atoms with E-state index in [4.69, 9.17) is 14.2 Å². The number of carbonyl (C=O) groups is 1. The summed E-state index contributed by atoms with van der Waals surface area (Å²) in [6, 6.07) is 9.53. The topological polar surface area (TPSA) is 49.7 Å². The quantitative estimate of drug-likeness (QED) is 0.288. The van der Waals surface area contributed by atoms with E-state index in [0.717, 1.165) is 29.5 Å². The van der Waals surface area contributed by atoms with Crippen LogP contribution < -0.4 is 0 Å². The van der Waals surface area contributed by atoms with Crippen molar-refractivity contribution in [3.8, 4) is 0 Å². The van der Waals surface area contributed by atoms with Gasteiger partial charge < -0.3 is 18.8 Å². The maximum Gasteiger partial charge on any atom is 0.335 e. The minimum Gasteiger partial charge on any atom is -0.464 e. The number of rotatable bonds is 12. The number of fused-ring (bicyclic) bond motifs is 1. The number of hydrogen-bond acceptors (Lipinski definition) is 4. The molecule has 0 fully saturated rings. The van der Waals surface area contributed by atoms with E-state index in [1.54, 1.807) is 0 Å². The summed E-state index contributed by atoms with van der Waals surface area (Å²) in [5, 5.41) is 1.14. The van der Waals surface area contributed by atoms with E-state index in [1.807, 2.05) is 13.8 Å². The lowest BCUT2D eigenvalue weighted by atomic mass is 10.1. The molecule has 0 radical (unpaired) electrons. The van der Waals surface area contributed by atoms with Gasteiger partial charge in [-0.1, -0.05) is 32.6 Å². The van der Waals surface area contributed by atoms with E-state index in [0.29, 0.717) is 26.4 Å². The zero-order valence-electron chi connectivity index (χ0n) is 18.0. The number of esters is 1. The fourth-order valence-electron chi connectivity index (χ4n) is 2.95. The van der Waals surface area contributed by atoms with Gasteiger partial charge in [-0.2, -0.15) is 0 Å². The van der Waals surface area contributed by atoms with Crippen molar-refractivity contribution >= 4 is 24.9 Å². The molecule has 2 rings (SSSR count). The lowest BCUT2D eigenvalue weighted by molar-refractivity contribution is -0.156. The first kappa shape index (κ1) is 22.7. The van der Waals surface area contributed by atoms with Gasteiger partial charge in [-0.3, -0.25) is 0 Å². The summed E-state index contributed by atoms with van der Waals surface area (Å²) in [4.78, 5) is 12.2. The van der Waals surface area contributed by atoms with Crippen molar-refractivity contribution in [3.63, 3.8) is 0 Å². The summed E-state index contributed by atoms with van der Waals surface area (Å²) in [5.74, 6) is -0.288. The molecule has 0 aliphatic heterocycles. The molecule has 28 heavy (non-hydrogen) atoms. The molecule has 0 saturated carbocycles. The Balaban J connectivity index is 2.02. The summed E-state index contributed by atoms with van der Waals surface area (Å²) in [7, 11) is -1.07. The van der Waals surface area contributed by atoms with Crippen molar-refractivity contribution in [2.45, 2.75) is 65.2 Å². The van der Waals surface area contributed by atoms with Crippen LogP contribution in [0, 0.1) is 0 Å². The Bertz CT molecular complexity index is 751. The summed E-state index contributed by atoms with van der Waals surface area (Å²) >= 11 is 0. The largest absolute Gasteiger partial charge is 0.464 e. The molecule has 1 aromatic heterocycles. The summed E-state index contributed by atoms with van der Waals surface area (Å²) in [6.45, 7) is 13.2. The SMILES string of the molecule is CCCOC(Cc1ccc2c(ccn2COCC[Si](C)(C)C)c1)C(=O)OCC. The van der Waals surface area contributed by atoms with Crippen LogP contribution >= 0.6 is 0 Å². The Morgan fingerprint density at radius 1 is 1.14 bits per heavy atom. The molecule has 0 amide bonds. The molecule has 5 nitrogen and oxygen atoms in total. The zero-order valence-corrected chi connectivity index (χ0v) is 19.0. The molecule has 1 unspecified atom stereocenters. The second kappa shape index (κ2) is 10.8. The van der Waals surface area contributed by atoms with E-state index >= 15 is 0 Å². The molecule has 0 spiro atoms. The molecule has 6 heteroatoms. The van der Waals surface area contributed by atoms with Crippen molar-refractivity contribution in [1.29, 1.82) is 0 Å². The Hall–Kier alpha value is -1.63. The van der Waals surface area contributed by atoms with E-state index in [9.17, 15) is 4.79 Å². The maximum atomic E-state index is 12.2. The number of hydrogen-bond donors (Lipinski definition) is 0. The highest BCUT2D eigenvalue weighted by Crippen LogP contribution is 2.20. The monoisotopic (exact) mass is 405 g/mol. The lowest BCUT2D eigenvalue weighted by Gasteiger charge is -2.17. The number of benzene rings is 1. The van der Waals surface area contributed by atoms with Crippen LogP contribution in [0.2, 0.25) is 25.7 Å². The third-order valence-electron chi connectivity index (χ3n) is 4.56. The highest BCUT2D eigenvalue weighted by molar-refractivity contribution is 6.76. The highest BCUT2D eigenvalue weighted by Gasteiger charge is 2.21. The molecule has 1 atom stereocenters. The average Bonchev–Trinajstić information content (AvgIpc) is 3.04. The summed E-state index contributed by atoms with van der Waals surface area (Å²) < 4.78 is 18.9. The molecular weight excluding hydrogens is 370 g/mol. The van der Waals surface area contributed by atoms with Gasteiger partial charge in [-0.25, -0.2) is 4.79 Å². The molecule has 0 aliphatic rings. The fraction of sp³-hybridized carbons (Fsp3) is 0.591. The Kier molecular flexibility index (Phi) is 8.73. The lowest BCUT2D eigenvalue weighted by Crippen LogP contribution is -2.29. The molecule has 0 aliphatic carbocycles. The van der Waals surface area contributed by atoms with Crippen molar-refractivity contribution in [1.82, 2.24) is 4.57 Å². The van der Waals surface area contributed by atoms with Crippen molar-refractivity contribution in [2.24, 2.45) is 0 Å². The van der Waals surface area contributed by atoms with Crippen LogP contribution in [0.3, 0.4) is 0 Å². The molecule has 0 N–H and O–H groups in total. The summed E-state index contributed by atoms with van der Waals surface area (Å²) in [6.07, 6.45) is 2.89. The first-order valence-corrected chi connectivity index (χ1v) is 14.0. The first-order valence-electron chi connectivity index (χ1n) is 10.3. The molecular formula is C22H35NO4Si. The number of nitrogens with zero attached hydrogens (tertiary/aromatic N) is 1. The van der Waals surface area contributed by atoms with Crippen molar-refractivity contribution < 1.29 is 19.0 Å². The highest BCUT2D eigenvalue weighted by atomic mass is 28.3. The second-order valence-electron chi connectivity index (χ2n) is 8.34. The van der Waals surface area contributed by atoms with Crippen LogP contribution in [0.5, 0.6) is 0 Å². The van der Waals surface area contributed by atoms with E-state index in [1.165, 1.54) is 6.04 Å². The van der Waals surface area contributed by atoms with E-state index in [-0.39, 0.29) is 5.97 Å². The molecule has 0 bridgehead atoms. The van der Waals surface area contributed by atoms with Gasteiger partial charge in [-0.15, -0.1) is 0 Å². The predicted octanol–water partition coefficient (Wildman–Crippen LogP) is 4.85. The van der Waals surface area contributed by atoms with Gasteiger partial charge in [0.2, 0.25) is 0 Å². The zero-order chi connectivity index (χ0) is 20.6. The van der Waals surface area contributed by atoms with Crippen LogP contribution in [-0.2, 0) is 32.2 Å². The molecule has 2 aromatic rings. The predicted molar refractivity (Wildman–Crippen MR) is 116 cm³/mol. The maximum absolute atomic E-state index is 12.2. The number of ether oxygens (including phenoxy) is 3. The number of carbonyl (C=O) groups excluding carboxylic acids is 1. The van der Waals surface area contributed by atoms with Crippen LogP contribution in [0.15, 0.2) is 30.5 Å². The second-order valence-corrected chi connectivity index (χ2v) is 14.0. The third kappa shape index (κ3) is 7.07. The van der Waals surface area contributed by atoms with Gasteiger partial charge >= 0.3 is 5.97 Å². The Morgan fingerprint density at radius 2 is 1.93 bits per heavy atom. The van der Waals surface area contributed by atoms with Crippen LogP contribution in [-0.4, -0.2) is 44.5 Å². The standard InChI is InChI=1S/C22H35NO4Si/c1-6-12-27-21(22(24)26-7-2)16-18-8-9-20-19(15-18)10-11-23(20)17-25-13-14-28(3,4)5/h8-11,15,21H,6-7,12-14,16-17H2,1-5H3. The molecule has 1 aromatic carbocycles. The number of aromatic nitrogens is 1. The molecule has 156 valence electrons. The molecule has 1 heterocycles. The minimum absolute atomic E-state index is 0.288. The van der Waals surface area contributed by atoms with Gasteiger partial charge in [-0.05, 0) is 48.5 Å². The van der Waals surface area contributed by atoms with E-state index < -0.39 is 14.2 Å². The van der Waals surface area contributed by atoms with Gasteiger partial charge in [0.15, 0.2) is 6.10 Å². The average molecular weight is 406 g/mol. The van der Waals surface area contributed by atoms with Gasteiger partial charge in [0.25, 0.3) is 0 Å². The van der Waals surface area contributed by atoms with Gasteiger partial charge in [0.1, 0.15) is 6.73 Å². The van der Waals surface area contributed by atoms with Gasteiger partial charge in [0.05, 0.1) is 6.61 Å². The van der Waals surface area contributed by atoms with Crippen LogP contribution in [0.1, 0.15) is 25.8 Å².